The van der Waals surface area contributed by atoms with E-state index < -0.39 is 6.10 Å². The second-order valence-corrected chi connectivity index (χ2v) is 4.91. The SMILES string of the molecule is Cc1cc(C(O)Cn2cnc3ccccc32)ccc1F. The lowest BCUT2D eigenvalue weighted by atomic mass is 10.1. The van der Waals surface area contributed by atoms with Gasteiger partial charge in [0.25, 0.3) is 0 Å². The topological polar surface area (TPSA) is 38.0 Å². The molecule has 20 heavy (non-hydrogen) atoms. The molecule has 3 rings (SSSR count). The Labute approximate surface area is 116 Å². The molecule has 3 nitrogen and oxygen atoms in total. The monoisotopic (exact) mass is 270 g/mol. The zero-order valence-corrected chi connectivity index (χ0v) is 11.1. The van der Waals surface area contributed by atoms with E-state index in [0.717, 1.165) is 11.0 Å². The summed E-state index contributed by atoms with van der Waals surface area (Å²) >= 11 is 0. The van der Waals surface area contributed by atoms with Crippen LogP contribution in [0.5, 0.6) is 0 Å². The van der Waals surface area contributed by atoms with Crippen molar-refractivity contribution in [1.82, 2.24) is 9.55 Å². The number of fused-ring (bicyclic) bond motifs is 1. The first-order valence-corrected chi connectivity index (χ1v) is 6.49. The van der Waals surface area contributed by atoms with Gasteiger partial charge in [-0.3, -0.25) is 0 Å². The number of rotatable bonds is 3. The summed E-state index contributed by atoms with van der Waals surface area (Å²) in [7, 11) is 0. The fourth-order valence-electron chi connectivity index (χ4n) is 2.32. The van der Waals surface area contributed by atoms with E-state index in [-0.39, 0.29) is 5.82 Å². The van der Waals surface area contributed by atoms with E-state index in [1.54, 1.807) is 25.4 Å². The Morgan fingerprint density at radius 2 is 2.05 bits per heavy atom. The molecule has 0 saturated heterocycles. The Morgan fingerprint density at radius 1 is 1.25 bits per heavy atom. The summed E-state index contributed by atoms with van der Waals surface area (Å²) in [5.74, 6) is -0.256. The summed E-state index contributed by atoms with van der Waals surface area (Å²) in [6.45, 7) is 2.09. The van der Waals surface area contributed by atoms with Gasteiger partial charge in [0.15, 0.2) is 0 Å². The van der Waals surface area contributed by atoms with Crippen LogP contribution < -0.4 is 0 Å². The number of aryl methyl sites for hydroxylation is 1. The van der Waals surface area contributed by atoms with Crippen LogP contribution in [0, 0.1) is 12.7 Å². The van der Waals surface area contributed by atoms with Gasteiger partial charge in [0.1, 0.15) is 5.82 Å². The van der Waals surface area contributed by atoms with Gasteiger partial charge in [0, 0.05) is 0 Å². The number of para-hydroxylation sites is 2. The molecule has 0 spiro atoms. The fourth-order valence-corrected chi connectivity index (χ4v) is 2.32. The van der Waals surface area contributed by atoms with Crippen molar-refractivity contribution >= 4 is 11.0 Å². The molecule has 1 atom stereocenters. The lowest BCUT2D eigenvalue weighted by Crippen LogP contribution is -2.08. The lowest BCUT2D eigenvalue weighted by molar-refractivity contribution is 0.158. The van der Waals surface area contributed by atoms with Gasteiger partial charge in [-0.05, 0) is 36.2 Å². The highest BCUT2D eigenvalue weighted by atomic mass is 19.1. The maximum absolute atomic E-state index is 13.3. The number of hydrogen-bond acceptors (Lipinski definition) is 2. The minimum atomic E-state index is -0.688. The maximum Gasteiger partial charge on any atom is 0.126 e. The van der Waals surface area contributed by atoms with E-state index in [1.807, 2.05) is 28.8 Å². The minimum absolute atomic E-state index is 0.256. The molecule has 0 aliphatic heterocycles. The lowest BCUT2D eigenvalue weighted by Gasteiger charge is -2.13. The second kappa shape index (κ2) is 5.06. The zero-order chi connectivity index (χ0) is 14.1. The van der Waals surface area contributed by atoms with Gasteiger partial charge < -0.3 is 9.67 Å². The molecule has 1 unspecified atom stereocenters. The predicted molar refractivity (Wildman–Crippen MR) is 75.8 cm³/mol. The third-order valence-corrected chi connectivity index (χ3v) is 3.46. The summed E-state index contributed by atoms with van der Waals surface area (Å²) in [4.78, 5) is 4.29. The maximum atomic E-state index is 13.3. The molecule has 1 heterocycles. The van der Waals surface area contributed by atoms with Gasteiger partial charge in [-0.15, -0.1) is 0 Å². The van der Waals surface area contributed by atoms with Crippen LogP contribution in [-0.2, 0) is 6.54 Å². The van der Waals surface area contributed by atoms with Crippen molar-refractivity contribution in [2.45, 2.75) is 19.6 Å². The summed E-state index contributed by atoms with van der Waals surface area (Å²) in [5.41, 5.74) is 3.12. The molecule has 4 heteroatoms. The smallest absolute Gasteiger partial charge is 0.126 e. The van der Waals surface area contributed by atoms with Crippen LogP contribution in [-0.4, -0.2) is 14.7 Å². The van der Waals surface area contributed by atoms with Gasteiger partial charge in [-0.25, -0.2) is 9.37 Å². The molecule has 0 amide bonds. The number of benzene rings is 2. The molecule has 3 aromatic rings. The molecule has 2 aromatic carbocycles. The second-order valence-electron chi connectivity index (χ2n) is 4.91. The van der Waals surface area contributed by atoms with E-state index in [2.05, 4.69) is 4.98 Å². The molecular formula is C16H15FN2O. The van der Waals surface area contributed by atoms with E-state index in [1.165, 1.54) is 6.07 Å². The van der Waals surface area contributed by atoms with Crippen molar-refractivity contribution in [3.8, 4) is 0 Å². The Bertz CT molecular complexity index is 751. The molecular weight excluding hydrogens is 255 g/mol. The molecule has 0 radical (unpaired) electrons. The number of aliphatic hydroxyl groups excluding tert-OH is 1. The summed E-state index contributed by atoms with van der Waals surface area (Å²) in [6, 6.07) is 12.4. The number of aliphatic hydroxyl groups is 1. The first-order valence-electron chi connectivity index (χ1n) is 6.49. The molecule has 1 aromatic heterocycles. The number of nitrogens with zero attached hydrogens (tertiary/aromatic N) is 2. The quantitative estimate of drug-likeness (QED) is 0.793. The van der Waals surface area contributed by atoms with Crippen molar-refractivity contribution < 1.29 is 9.50 Å². The van der Waals surface area contributed by atoms with E-state index >= 15 is 0 Å². The fraction of sp³-hybridized carbons (Fsp3) is 0.188. The highest BCUT2D eigenvalue weighted by Gasteiger charge is 2.11. The first-order chi connectivity index (χ1) is 9.65. The molecule has 0 aliphatic rings. The summed E-state index contributed by atoms with van der Waals surface area (Å²) in [5, 5.41) is 10.3. The Kier molecular flexibility index (Phi) is 3.24. The van der Waals surface area contributed by atoms with Gasteiger partial charge >= 0.3 is 0 Å². The molecule has 0 saturated carbocycles. The zero-order valence-electron chi connectivity index (χ0n) is 11.1. The number of halogens is 1. The Balaban J connectivity index is 1.88. The molecule has 0 bridgehead atoms. The van der Waals surface area contributed by atoms with Crippen molar-refractivity contribution in [2.24, 2.45) is 0 Å². The van der Waals surface area contributed by atoms with Crippen molar-refractivity contribution in [3.05, 3.63) is 65.7 Å². The van der Waals surface area contributed by atoms with Crippen LogP contribution in [0.4, 0.5) is 4.39 Å². The van der Waals surface area contributed by atoms with Crippen LogP contribution in [0.3, 0.4) is 0 Å². The van der Waals surface area contributed by atoms with Crippen molar-refractivity contribution in [1.29, 1.82) is 0 Å². The van der Waals surface area contributed by atoms with Gasteiger partial charge in [-0.1, -0.05) is 24.3 Å². The molecule has 0 fully saturated rings. The third-order valence-electron chi connectivity index (χ3n) is 3.46. The minimum Gasteiger partial charge on any atom is -0.387 e. The van der Waals surface area contributed by atoms with Crippen molar-refractivity contribution in [3.63, 3.8) is 0 Å². The molecule has 0 aliphatic carbocycles. The summed E-state index contributed by atoms with van der Waals surface area (Å²) in [6.07, 6.45) is 1.02. The van der Waals surface area contributed by atoms with Crippen LogP contribution in [0.15, 0.2) is 48.8 Å². The average molecular weight is 270 g/mol. The van der Waals surface area contributed by atoms with E-state index in [0.29, 0.717) is 17.7 Å². The van der Waals surface area contributed by atoms with Crippen LogP contribution in [0.25, 0.3) is 11.0 Å². The predicted octanol–water partition coefficient (Wildman–Crippen LogP) is 3.22. The Morgan fingerprint density at radius 3 is 2.85 bits per heavy atom. The largest absolute Gasteiger partial charge is 0.387 e. The average Bonchev–Trinajstić information content (AvgIpc) is 2.85. The van der Waals surface area contributed by atoms with Gasteiger partial charge in [0.05, 0.1) is 30.0 Å². The number of hydrogen-bond donors (Lipinski definition) is 1. The normalized spacial score (nSPS) is 12.8. The van der Waals surface area contributed by atoms with Crippen LogP contribution in [0.2, 0.25) is 0 Å². The highest BCUT2D eigenvalue weighted by Crippen LogP contribution is 2.20. The van der Waals surface area contributed by atoms with Gasteiger partial charge in [-0.2, -0.15) is 0 Å². The third kappa shape index (κ3) is 2.30. The standard InChI is InChI=1S/C16H15FN2O/c1-11-8-12(6-7-13(11)17)16(20)9-19-10-18-14-4-2-3-5-15(14)19/h2-8,10,16,20H,9H2,1H3. The highest BCUT2D eigenvalue weighted by molar-refractivity contribution is 5.74. The molecule has 1 N–H and O–H groups in total. The van der Waals surface area contributed by atoms with Crippen LogP contribution in [0.1, 0.15) is 17.2 Å². The Hall–Kier alpha value is -2.20. The number of aromatic nitrogens is 2. The van der Waals surface area contributed by atoms with Crippen LogP contribution >= 0.6 is 0 Å². The van der Waals surface area contributed by atoms with E-state index in [9.17, 15) is 9.50 Å². The summed E-state index contributed by atoms with van der Waals surface area (Å²) < 4.78 is 15.2. The molecule has 102 valence electrons. The van der Waals surface area contributed by atoms with Crippen molar-refractivity contribution in [2.75, 3.05) is 0 Å². The first kappa shape index (κ1) is 12.8. The van der Waals surface area contributed by atoms with Gasteiger partial charge in [0.2, 0.25) is 0 Å². The van der Waals surface area contributed by atoms with E-state index in [4.69, 9.17) is 0 Å². The number of imidazole rings is 1.